The van der Waals surface area contributed by atoms with Gasteiger partial charge in [0.05, 0.1) is 6.04 Å². The van der Waals surface area contributed by atoms with Crippen molar-refractivity contribution in [1.29, 1.82) is 0 Å². The second kappa shape index (κ2) is 9.21. The van der Waals surface area contributed by atoms with Crippen LogP contribution in [0.4, 0.5) is 0 Å². The van der Waals surface area contributed by atoms with Crippen molar-refractivity contribution in [2.75, 3.05) is 13.1 Å². The molecule has 7 heteroatoms. The van der Waals surface area contributed by atoms with Crippen LogP contribution in [-0.2, 0) is 17.8 Å². The van der Waals surface area contributed by atoms with Gasteiger partial charge in [0.25, 0.3) is 0 Å². The van der Waals surface area contributed by atoms with Crippen molar-refractivity contribution >= 4 is 39.3 Å². The second-order valence-electron chi connectivity index (χ2n) is 9.24. The summed E-state index contributed by atoms with van der Waals surface area (Å²) in [5.41, 5.74) is 12.0. The SMILES string of the molecule is Cc1ccc2c(C[C@H](N)C(=O)NC3CCN(Cc4c[nH]c5ccc(Cl)cc45)CC3)c[nH]c2c1. The Bertz CT molecular complexity index is 1280. The molecule has 0 aliphatic carbocycles. The highest BCUT2D eigenvalue weighted by Crippen LogP contribution is 2.25. The third kappa shape index (κ3) is 4.78. The minimum absolute atomic E-state index is 0.0683. The number of carbonyl (C=O) groups is 1. The zero-order chi connectivity index (χ0) is 22.9. The van der Waals surface area contributed by atoms with E-state index in [2.05, 4.69) is 51.5 Å². The van der Waals surface area contributed by atoms with Crippen LogP contribution in [0.15, 0.2) is 48.8 Å². The lowest BCUT2D eigenvalue weighted by Gasteiger charge is -2.32. The highest BCUT2D eigenvalue weighted by Gasteiger charge is 2.24. The summed E-state index contributed by atoms with van der Waals surface area (Å²) in [4.78, 5) is 21.8. The molecule has 0 saturated carbocycles. The second-order valence-corrected chi connectivity index (χ2v) is 9.67. The first-order valence-electron chi connectivity index (χ1n) is 11.6. The smallest absolute Gasteiger partial charge is 0.237 e. The van der Waals surface area contributed by atoms with E-state index in [1.807, 2.05) is 24.4 Å². The van der Waals surface area contributed by atoms with E-state index in [0.717, 1.165) is 59.5 Å². The molecule has 0 spiro atoms. The van der Waals surface area contributed by atoms with Gasteiger partial charge in [-0.1, -0.05) is 23.7 Å². The number of likely N-dealkylation sites (tertiary alicyclic amines) is 1. The molecule has 6 nitrogen and oxygen atoms in total. The molecule has 1 aliphatic rings. The summed E-state index contributed by atoms with van der Waals surface area (Å²) in [6, 6.07) is 11.9. The van der Waals surface area contributed by atoms with E-state index in [1.54, 1.807) is 0 Å². The summed E-state index contributed by atoms with van der Waals surface area (Å²) in [6.07, 6.45) is 6.41. The number of aromatic nitrogens is 2. The molecular formula is C26H30ClN5O. The number of nitrogens with zero attached hydrogens (tertiary/aromatic N) is 1. The predicted molar refractivity (Wildman–Crippen MR) is 134 cm³/mol. The van der Waals surface area contributed by atoms with Crippen LogP contribution in [0, 0.1) is 6.92 Å². The number of rotatable bonds is 6. The van der Waals surface area contributed by atoms with Crippen molar-refractivity contribution < 1.29 is 4.79 Å². The Labute approximate surface area is 198 Å². The van der Waals surface area contributed by atoms with E-state index in [1.165, 1.54) is 16.5 Å². The molecule has 172 valence electrons. The van der Waals surface area contributed by atoms with Crippen molar-refractivity contribution in [2.45, 2.75) is 44.8 Å². The number of hydrogen-bond donors (Lipinski definition) is 4. The Balaban J connectivity index is 1.13. The molecule has 1 aliphatic heterocycles. The molecule has 2 aromatic carbocycles. The van der Waals surface area contributed by atoms with Gasteiger partial charge >= 0.3 is 0 Å². The van der Waals surface area contributed by atoms with Crippen LogP contribution >= 0.6 is 11.6 Å². The van der Waals surface area contributed by atoms with Gasteiger partial charge in [-0.2, -0.15) is 0 Å². The first-order chi connectivity index (χ1) is 16.0. The molecule has 2 aromatic heterocycles. The van der Waals surface area contributed by atoms with E-state index in [0.29, 0.717) is 6.42 Å². The molecule has 1 amide bonds. The van der Waals surface area contributed by atoms with E-state index >= 15 is 0 Å². The van der Waals surface area contributed by atoms with Gasteiger partial charge in [0.2, 0.25) is 5.91 Å². The van der Waals surface area contributed by atoms with Gasteiger partial charge < -0.3 is 21.0 Å². The minimum atomic E-state index is -0.556. The van der Waals surface area contributed by atoms with Gasteiger partial charge in [0.15, 0.2) is 0 Å². The molecule has 33 heavy (non-hydrogen) atoms. The van der Waals surface area contributed by atoms with E-state index in [9.17, 15) is 4.79 Å². The summed E-state index contributed by atoms with van der Waals surface area (Å²) in [6.45, 7) is 4.82. The van der Waals surface area contributed by atoms with E-state index < -0.39 is 6.04 Å². The predicted octanol–water partition coefficient (Wildman–Crippen LogP) is 4.26. The van der Waals surface area contributed by atoms with Crippen molar-refractivity contribution in [3.63, 3.8) is 0 Å². The number of amides is 1. The summed E-state index contributed by atoms with van der Waals surface area (Å²) in [7, 11) is 0. The standard InChI is InChI=1S/C26H30ClN5O/c1-16-2-4-21-17(13-30-25(21)10-16)11-23(28)26(33)31-20-6-8-32(9-7-20)15-18-14-29-24-5-3-19(27)12-22(18)24/h2-5,10,12-14,20,23,29-30H,6-9,11,15,28H2,1H3,(H,31,33)/t23-/m0/s1. The molecule has 0 bridgehead atoms. The maximum absolute atomic E-state index is 12.8. The van der Waals surface area contributed by atoms with Crippen LogP contribution in [-0.4, -0.2) is 45.9 Å². The van der Waals surface area contributed by atoms with Crippen LogP contribution in [0.5, 0.6) is 0 Å². The first kappa shape index (κ1) is 22.0. The summed E-state index contributed by atoms with van der Waals surface area (Å²) in [5.74, 6) is -0.0683. The van der Waals surface area contributed by atoms with Gasteiger partial charge in [0, 0.05) is 64.9 Å². The van der Waals surface area contributed by atoms with Crippen LogP contribution < -0.4 is 11.1 Å². The van der Waals surface area contributed by atoms with Gasteiger partial charge in [-0.25, -0.2) is 0 Å². The van der Waals surface area contributed by atoms with Gasteiger partial charge in [0.1, 0.15) is 0 Å². The highest BCUT2D eigenvalue weighted by molar-refractivity contribution is 6.31. The molecule has 0 radical (unpaired) electrons. The third-order valence-corrected chi connectivity index (χ3v) is 6.99. The van der Waals surface area contributed by atoms with Crippen LogP contribution in [0.3, 0.4) is 0 Å². The largest absolute Gasteiger partial charge is 0.361 e. The zero-order valence-corrected chi connectivity index (χ0v) is 19.6. The van der Waals surface area contributed by atoms with Crippen molar-refractivity contribution in [1.82, 2.24) is 20.2 Å². The number of halogens is 1. The molecule has 3 heterocycles. The Hall–Kier alpha value is -2.80. The van der Waals surface area contributed by atoms with Gasteiger partial charge in [-0.05, 0) is 67.1 Å². The molecule has 1 atom stereocenters. The summed E-state index contributed by atoms with van der Waals surface area (Å²) in [5, 5.41) is 6.25. The number of carbonyl (C=O) groups excluding carboxylic acids is 1. The van der Waals surface area contributed by atoms with Crippen molar-refractivity contribution in [2.24, 2.45) is 5.73 Å². The van der Waals surface area contributed by atoms with Gasteiger partial charge in [-0.3, -0.25) is 9.69 Å². The molecule has 4 aromatic rings. The lowest BCUT2D eigenvalue weighted by atomic mass is 10.0. The Kier molecular flexibility index (Phi) is 6.15. The monoisotopic (exact) mass is 463 g/mol. The third-order valence-electron chi connectivity index (χ3n) is 6.76. The molecule has 1 fully saturated rings. The summed E-state index contributed by atoms with van der Waals surface area (Å²) >= 11 is 6.18. The molecule has 5 N–H and O–H groups in total. The molecule has 0 unspecified atom stereocenters. The minimum Gasteiger partial charge on any atom is -0.361 e. The number of hydrogen-bond acceptors (Lipinski definition) is 3. The number of piperidine rings is 1. The highest BCUT2D eigenvalue weighted by atomic mass is 35.5. The van der Waals surface area contributed by atoms with Gasteiger partial charge in [-0.15, -0.1) is 0 Å². The average molecular weight is 464 g/mol. The Morgan fingerprint density at radius 2 is 1.85 bits per heavy atom. The van der Waals surface area contributed by atoms with Crippen LogP contribution in [0.1, 0.15) is 29.5 Å². The fourth-order valence-electron chi connectivity index (χ4n) is 4.86. The maximum atomic E-state index is 12.8. The first-order valence-corrected chi connectivity index (χ1v) is 11.9. The number of fused-ring (bicyclic) bond motifs is 2. The summed E-state index contributed by atoms with van der Waals surface area (Å²) < 4.78 is 0. The van der Waals surface area contributed by atoms with Crippen LogP contribution in [0.25, 0.3) is 21.8 Å². The fourth-order valence-corrected chi connectivity index (χ4v) is 5.04. The Morgan fingerprint density at radius 3 is 2.67 bits per heavy atom. The number of H-pyrrole nitrogens is 2. The lowest BCUT2D eigenvalue weighted by Crippen LogP contribution is -2.50. The Morgan fingerprint density at radius 1 is 1.09 bits per heavy atom. The quantitative estimate of drug-likeness (QED) is 0.344. The lowest BCUT2D eigenvalue weighted by molar-refractivity contribution is -0.123. The normalized spacial score (nSPS) is 16.5. The average Bonchev–Trinajstić information content (AvgIpc) is 3.38. The van der Waals surface area contributed by atoms with Crippen molar-refractivity contribution in [3.05, 3.63) is 70.5 Å². The van der Waals surface area contributed by atoms with E-state index in [4.69, 9.17) is 17.3 Å². The number of aryl methyl sites for hydroxylation is 1. The number of nitrogens with one attached hydrogen (secondary N) is 3. The molecule has 1 saturated heterocycles. The van der Waals surface area contributed by atoms with Crippen LogP contribution in [0.2, 0.25) is 5.02 Å². The van der Waals surface area contributed by atoms with Crippen molar-refractivity contribution in [3.8, 4) is 0 Å². The molecule has 5 rings (SSSR count). The fraction of sp³-hybridized carbons (Fsp3) is 0.346. The number of benzene rings is 2. The number of nitrogens with two attached hydrogens (primary N) is 1. The van der Waals surface area contributed by atoms with E-state index in [-0.39, 0.29) is 11.9 Å². The zero-order valence-electron chi connectivity index (χ0n) is 18.8. The molecular weight excluding hydrogens is 434 g/mol. The number of aromatic amines is 2. The maximum Gasteiger partial charge on any atom is 0.237 e. The topological polar surface area (TPSA) is 89.9 Å².